The summed E-state index contributed by atoms with van der Waals surface area (Å²) in [5.41, 5.74) is 0. The van der Waals surface area contributed by atoms with E-state index in [0.717, 1.165) is 19.3 Å². The van der Waals surface area contributed by atoms with E-state index >= 15 is 0 Å². The number of hydrogen-bond donors (Lipinski definition) is 3. The first-order valence-corrected chi connectivity index (χ1v) is 6.43. The van der Waals surface area contributed by atoms with E-state index in [2.05, 4.69) is 16.0 Å². The van der Waals surface area contributed by atoms with Crippen LogP contribution in [0.5, 0.6) is 0 Å². The highest BCUT2D eigenvalue weighted by Crippen LogP contribution is 2.22. The number of rotatable bonds is 4. The van der Waals surface area contributed by atoms with Gasteiger partial charge in [0.15, 0.2) is 0 Å². The van der Waals surface area contributed by atoms with Crippen LogP contribution in [0.4, 0.5) is 4.79 Å². The van der Waals surface area contributed by atoms with Crippen molar-refractivity contribution in [3.05, 3.63) is 0 Å². The highest BCUT2D eigenvalue weighted by Gasteiger charge is 2.28. The Morgan fingerprint density at radius 2 is 1.89 bits per heavy atom. The zero-order valence-electron chi connectivity index (χ0n) is 11.3. The van der Waals surface area contributed by atoms with Gasteiger partial charge < -0.3 is 15.4 Å². The van der Waals surface area contributed by atoms with Gasteiger partial charge in [-0.15, -0.1) is 0 Å². The third-order valence-electron chi connectivity index (χ3n) is 3.29. The fourth-order valence-corrected chi connectivity index (χ4v) is 2.19. The molecule has 0 spiro atoms. The Balaban J connectivity index is 2.44. The summed E-state index contributed by atoms with van der Waals surface area (Å²) in [6.07, 6.45) is 3.72. The van der Waals surface area contributed by atoms with E-state index in [0.29, 0.717) is 0 Å². The van der Waals surface area contributed by atoms with E-state index in [1.807, 2.05) is 7.05 Å². The van der Waals surface area contributed by atoms with E-state index in [1.165, 1.54) is 13.5 Å². The van der Waals surface area contributed by atoms with Crippen LogP contribution in [0.2, 0.25) is 0 Å². The Bertz CT molecular complexity index is 296. The molecule has 18 heavy (non-hydrogen) atoms. The Labute approximate surface area is 108 Å². The molecule has 0 radical (unpaired) electrons. The number of likely N-dealkylation sites (N-methyl/N-ethyl adjacent to an activating group) is 1. The maximum Gasteiger partial charge on any atom is 0.321 e. The van der Waals surface area contributed by atoms with Crippen molar-refractivity contribution in [3.63, 3.8) is 0 Å². The van der Waals surface area contributed by atoms with Crippen LogP contribution in [0.1, 0.15) is 32.6 Å². The number of hydrogen-bond acceptors (Lipinski definition) is 4. The smallest absolute Gasteiger partial charge is 0.321 e. The lowest BCUT2D eigenvalue weighted by Crippen LogP contribution is -2.48. The molecule has 1 fully saturated rings. The molecule has 0 heterocycles. The third-order valence-corrected chi connectivity index (χ3v) is 3.29. The standard InChI is InChI=1S/C12H23N3O3/c1-8(11(16)15-12(17)14-3)18-10-7-5-4-6-9(10)13-2/h8-10,13H,4-7H2,1-3H3,(H2,14,15,16,17). The van der Waals surface area contributed by atoms with Crippen LogP contribution in [0.3, 0.4) is 0 Å². The van der Waals surface area contributed by atoms with E-state index in [4.69, 9.17) is 4.74 Å². The summed E-state index contributed by atoms with van der Waals surface area (Å²) in [5.74, 6) is -0.408. The van der Waals surface area contributed by atoms with Gasteiger partial charge in [0, 0.05) is 13.1 Å². The van der Waals surface area contributed by atoms with Gasteiger partial charge in [0.2, 0.25) is 0 Å². The van der Waals surface area contributed by atoms with Crippen LogP contribution in [0.25, 0.3) is 0 Å². The molecule has 1 aliphatic rings. The molecule has 0 saturated heterocycles. The maximum atomic E-state index is 11.7. The second-order valence-corrected chi connectivity index (χ2v) is 4.56. The zero-order valence-corrected chi connectivity index (χ0v) is 11.3. The van der Waals surface area contributed by atoms with Crippen molar-refractivity contribution in [2.75, 3.05) is 14.1 Å². The second kappa shape index (κ2) is 7.33. The molecule has 3 unspecified atom stereocenters. The van der Waals surface area contributed by atoms with Gasteiger partial charge >= 0.3 is 6.03 Å². The van der Waals surface area contributed by atoms with Crippen molar-refractivity contribution < 1.29 is 14.3 Å². The molecular weight excluding hydrogens is 234 g/mol. The predicted octanol–water partition coefficient (Wildman–Crippen LogP) is 0.378. The topological polar surface area (TPSA) is 79.5 Å². The first kappa shape index (κ1) is 14.9. The monoisotopic (exact) mass is 257 g/mol. The van der Waals surface area contributed by atoms with Crippen LogP contribution >= 0.6 is 0 Å². The molecule has 0 aromatic rings. The van der Waals surface area contributed by atoms with Crippen molar-refractivity contribution in [1.29, 1.82) is 0 Å². The zero-order chi connectivity index (χ0) is 13.5. The van der Waals surface area contributed by atoms with Crippen LogP contribution in [-0.2, 0) is 9.53 Å². The van der Waals surface area contributed by atoms with Gasteiger partial charge in [0.05, 0.1) is 6.10 Å². The summed E-state index contributed by atoms with van der Waals surface area (Å²) < 4.78 is 5.75. The molecule has 0 aliphatic heterocycles. The maximum absolute atomic E-state index is 11.7. The molecule has 1 rings (SSSR count). The molecule has 6 heteroatoms. The molecule has 3 atom stereocenters. The Hall–Kier alpha value is -1.14. The number of nitrogens with one attached hydrogen (secondary N) is 3. The number of urea groups is 1. The predicted molar refractivity (Wildman–Crippen MR) is 68.2 cm³/mol. The van der Waals surface area contributed by atoms with Crippen LogP contribution in [-0.4, -0.2) is 44.3 Å². The van der Waals surface area contributed by atoms with E-state index in [9.17, 15) is 9.59 Å². The number of imide groups is 1. The molecule has 0 aromatic heterocycles. The Morgan fingerprint density at radius 1 is 1.22 bits per heavy atom. The Morgan fingerprint density at radius 3 is 2.50 bits per heavy atom. The fourth-order valence-electron chi connectivity index (χ4n) is 2.19. The summed E-state index contributed by atoms with van der Waals surface area (Å²) in [7, 11) is 3.37. The summed E-state index contributed by atoms with van der Waals surface area (Å²) in [6, 6.07) is -0.224. The highest BCUT2D eigenvalue weighted by molar-refractivity contribution is 5.96. The van der Waals surface area contributed by atoms with Crippen molar-refractivity contribution in [3.8, 4) is 0 Å². The lowest BCUT2D eigenvalue weighted by molar-refractivity contribution is -0.136. The summed E-state index contributed by atoms with van der Waals surface area (Å²) in [6.45, 7) is 1.67. The van der Waals surface area contributed by atoms with Gasteiger partial charge in [-0.2, -0.15) is 0 Å². The van der Waals surface area contributed by atoms with E-state index in [-0.39, 0.29) is 12.1 Å². The SMILES string of the molecule is CNC(=O)NC(=O)C(C)OC1CCCCC1NC. The molecule has 6 nitrogen and oxygen atoms in total. The minimum absolute atomic E-state index is 0.0363. The van der Waals surface area contributed by atoms with Gasteiger partial charge in [-0.05, 0) is 26.8 Å². The van der Waals surface area contributed by atoms with Gasteiger partial charge in [0.1, 0.15) is 6.10 Å². The molecule has 3 N–H and O–H groups in total. The largest absolute Gasteiger partial charge is 0.364 e. The van der Waals surface area contributed by atoms with Crippen LogP contribution < -0.4 is 16.0 Å². The van der Waals surface area contributed by atoms with Crippen molar-refractivity contribution >= 4 is 11.9 Å². The average molecular weight is 257 g/mol. The molecular formula is C12H23N3O3. The summed E-state index contributed by atoms with van der Waals surface area (Å²) in [4.78, 5) is 22.7. The van der Waals surface area contributed by atoms with Gasteiger partial charge in [0.25, 0.3) is 5.91 Å². The fraction of sp³-hybridized carbons (Fsp3) is 0.833. The van der Waals surface area contributed by atoms with Crippen LogP contribution in [0, 0.1) is 0 Å². The molecule has 0 aromatic carbocycles. The van der Waals surface area contributed by atoms with Crippen molar-refractivity contribution in [2.24, 2.45) is 0 Å². The minimum atomic E-state index is -0.624. The van der Waals surface area contributed by atoms with Gasteiger partial charge in [-0.1, -0.05) is 12.8 Å². The quantitative estimate of drug-likeness (QED) is 0.680. The highest BCUT2D eigenvalue weighted by atomic mass is 16.5. The van der Waals surface area contributed by atoms with Gasteiger partial charge in [-0.25, -0.2) is 4.79 Å². The molecule has 1 saturated carbocycles. The lowest BCUT2D eigenvalue weighted by atomic mass is 9.92. The summed E-state index contributed by atoms with van der Waals surface area (Å²) in [5, 5.41) is 7.77. The first-order valence-electron chi connectivity index (χ1n) is 6.43. The van der Waals surface area contributed by atoms with Crippen LogP contribution in [0.15, 0.2) is 0 Å². The molecule has 1 aliphatic carbocycles. The van der Waals surface area contributed by atoms with Gasteiger partial charge in [-0.3, -0.25) is 10.1 Å². The number of carbonyl (C=O) groups is 2. The minimum Gasteiger partial charge on any atom is -0.364 e. The Kier molecular flexibility index (Phi) is 6.07. The molecule has 3 amide bonds. The first-order chi connectivity index (χ1) is 8.58. The normalized spacial score (nSPS) is 25.3. The number of carbonyl (C=O) groups excluding carboxylic acids is 2. The lowest BCUT2D eigenvalue weighted by Gasteiger charge is -2.32. The van der Waals surface area contributed by atoms with E-state index in [1.54, 1.807) is 6.92 Å². The number of amides is 3. The van der Waals surface area contributed by atoms with Crippen molar-refractivity contribution in [1.82, 2.24) is 16.0 Å². The van der Waals surface area contributed by atoms with Crippen molar-refractivity contribution in [2.45, 2.75) is 50.9 Å². The summed E-state index contributed by atoms with van der Waals surface area (Å²) >= 11 is 0. The molecule has 0 bridgehead atoms. The third kappa shape index (κ3) is 4.27. The number of ether oxygens (including phenoxy) is 1. The second-order valence-electron chi connectivity index (χ2n) is 4.56. The molecule has 104 valence electrons. The average Bonchev–Trinajstić information content (AvgIpc) is 2.39. The van der Waals surface area contributed by atoms with E-state index < -0.39 is 18.0 Å².